The highest BCUT2D eigenvalue weighted by atomic mass is 32.1. The summed E-state index contributed by atoms with van der Waals surface area (Å²) in [5.74, 6) is 0.714. The zero-order valence-corrected chi connectivity index (χ0v) is 14.7. The Hall–Kier alpha value is -1.43. The minimum atomic E-state index is 0.0886. The topological polar surface area (TPSA) is 34.6 Å². The standard InChI is InChI=1S/C19H24N2O2S/c1-2-9-20-18(6-1)23-15-19-8-4-11-22-17(19)7-10-21(14-19)13-16-5-3-12-24-16/h1-3,5-6,9,12,17H,4,7-8,10-11,13-15H2/t17-,19+/m1/s1. The van der Waals surface area contributed by atoms with Gasteiger partial charge in [0.2, 0.25) is 5.88 Å². The molecule has 4 heterocycles. The molecule has 0 unspecified atom stereocenters. The van der Waals surface area contributed by atoms with Gasteiger partial charge in [0.25, 0.3) is 0 Å². The van der Waals surface area contributed by atoms with E-state index in [0.717, 1.165) is 39.1 Å². The number of rotatable bonds is 5. The van der Waals surface area contributed by atoms with Gasteiger partial charge in [0.05, 0.1) is 12.7 Å². The van der Waals surface area contributed by atoms with Gasteiger partial charge in [0.1, 0.15) is 0 Å². The molecule has 128 valence electrons. The van der Waals surface area contributed by atoms with Crippen molar-refractivity contribution in [3.05, 3.63) is 46.8 Å². The third-order valence-electron chi connectivity index (χ3n) is 5.17. The summed E-state index contributed by atoms with van der Waals surface area (Å²) in [5, 5.41) is 2.16. The lowest BCUT2D eigenvalue weighted by Crippen LogP contribution is -2.57. The van der Waals surface area contributed by atoms with E-state index in [0.29, 0.717) is 18.6 Å². The average molecular weight is 344 g/mol. The van der Waals surface area contributed by atoms with Crippen LogP contribution in [0.1, 0.15) is 24.1 Å². The maximum absolute atomic E-state index is 6.13. The molecule has 2 fully saturated rings. The van der Waals surface area contributed by atoms with E-state index in [1.807, 2.05) is 29.5 Å². The summed E-state index contributed by atoms with van der Waals surface area (Å²) in [7, 11) is 0. The molecule has 0 aliphatic carbocycles. The van der Waals surface area contributed by atoms with Gasteiger partial charge in [-0.25, -0.2) is 4.98 Å². The van der Waals surface area contributed by atoms with Crippen LogP contribution in [0.5, 0.6) is 5.88 Å². The van der Waals surface area contributed by atoms with Crippen LogP contribution in [-0.4, -0.2) is 42.3 Å². The molecule has 4 rings (SSSR count). The van der Waals surface area contributed by atoms with Crippen LogP contribution in [0.3, 0.4) is 0 Å². The maximum Gasteiger partial charge on any atom is 0.213 e. The van der Waals surface area contributed by atoms with Gasteiger partial charge < -0.3 is 9.47 Å². The summed E-state index contributed by atoms with van der Waals surface area (Å²) in [6.07, 6.45) is 5.48. The molecule has 2 aromatic rings. The minimum Gasteiger partial charge on any atom is -0.477 e. The van der Waals surface area contributed by atoms with Crippen molar-refractivity contribution < 1.29 is 9.47 Å². The molecule has 2 aliphatic heterocycles. The molecular formula is C19H24N2O2S. The zero-order chi connectivity index (χ0) is 16.2. The molecule has 2 aliphatic rings. The van der Waals surface area contributed by atoms with Crippen molar-refractivity contribution in [2.45, 2.75) is 31.9 Å². The molecule has 0 amide bonds. The third-order valence-corrected chi connectivity index (χ3v) is 6.03. The lowest BCUT2D eigenvalue weighted by molar-refractivity contribution is -0.141. The van der Waals surface area contributed by atoms with Crippen LogP contribution >= 0.6 is 11.3 Å². The summed E-state index contributed by atoms with van der Waals surface area (Å²) < 4.78 is 12.2. The number of ether oxygens (including phenoxy) is 2. The second-order valence-corrected chi connectivity index (χ2v) is 7.89. The number of nitrogens with zero attached hydrogens (tertiary/aromatic N) is 2. The Kier molecular flexibility index (Phi) is 4.83. The number of thiophene rings is 1. The fourth-order valence-electron chi connectivity index (χ4n) is 4.00. The van der Waals surface area contributed by atoms with E-state index in [9.17, 15) is 0 Å². The van der Waals surface area contributed by atoms with Gasteiger partial charge in [0, 0.05) is 48.8 Å². The van der Waals surface area contributed by atoms with Crippen molar-refractivity contribution in [2.24, 2.45) is 5.41 Å². The van der Waals surface area contributed by atoms with Gasteiger partial charge in [-0.3, -0.25) is 4.90 Å². The lowest BCUT2D eigenvalue weighted by atomic mass is 9.73. The molecule has 5 heteroatoms. The molecule has 2 saturated heterocycles. The normalized spacial score (nSPS) is 27.6. The van der Waals surface area contributed by atoms with Gasteiger partial charge in [-0.05, 0) is 36.8 Å². The SMILES string of the molecule is c1ccc(OC[C@@]23CCCO[C@@H]2CCN(Cc2cccs2)C3)nc1. The summed E-state index contributed by atoms with van der Waals surface area (Å²) in [6, 6.07) is 10.2. The highest BCUT2D eigenvalue weighted by molar-refractivity contribution is 7.09. The van der Waals surface area contributed by atoms with Crippen LogP contribution in [0.4, 0.5) is 0 Å². The predicted octanol–water partition coefficient (Wildman–Crippen LogP) is 3.59. The number of fused-ring (bicyclic) bond motifs is 1. The number of aromatic nitrogens is 1. The highest BCUT2D eigenvalue weighted by Gasteiger charge is 2.46. The molecule has 0 bridgehead atoms. The van der Waals surface area contributed by atoms with Crippen LogP contribution in [0.15, 0.2) is 41.9 Å². The number of likely N-dealkylation sites (tertiary alicyclic amines) is 1. The Morgan fingerprint density at radius 3 is 3.17 bits per heavy atom. The van der Waals surface area contributed by atoms with Gasteiger partial charge in [-0.15, -0.1) is 11.3 Å². The number of pyridine rings is 1. The second kappa shape index (κ2) is 7.21. The van der Waals surface area contributed by atoms with Crippen molar-refractivity contribution in [3.8, 4) is 5.88 Å². The van der Waals surface area contributed by atoms with Crippen LogP contribution in [0.25, 0.3) is 0 Å². The van der Waals surface area contributed by atoms with E-state index in [1.165, 1.54) is 11.3 Å². The average Bonchev–Trinajstić information content (AvgIpc) is 3.14. The Morgan fingerprint density at radius 1 is 1.33 bits per heavy atom. The van der Waals surface area contributed by atoms with Crippen molar-refractivity contribution in [1.82, 2.24) is 9.88 Å². The second-order valence-electron chi connectivity index (χ2n) is 6.86. The summed E-state index contributed by atoms with van der Waals surface area (Å²) >= 11 is 1.84. The van der Waals surface area contributed by atoms with E-state index < -0.39 is 0 Å². The number of piperidine rings is 1. The predicted molar refractivity (Wildman–Crippen MR) is 95.4 cm³/mol. The van der Waals surface area contributed by atoms with E-state index in [2.05, 4.69) is 27.4 Å². The van der Waals surface area contributed by atoms with Crippen molar-refractivity contribution in [1.29, 1.82) is 0 Å². The molecule has 2 aromatic heterocycles. The van der Waals surface area contributed by atoms with Crippen LogP contribution in [-0.2, 0) is 11.3 Å². The first kappa shape index (κ1) is 16.1. The molecule has 0 aromatic carbocycles. The third kappa shape index (κ3) is 3.48. The molecule has 0 N–H and O–H groups in total. The Balaban J connectivity index is 1.47. The minimum absolute atomic E-state index is 0.0886. The Bertz CT molecular complexity index is 634. The van der Waals surface area contributed by atoms with Crippen LogP contribution < -0.4 is 4.74 Å². The maximum atomic E-state index is 6.13. The molecule has 0 radical (unpaired) electrons. The fourth-order valence-corrected chi connectivity index (χ4v) is 4.75. The number of hydrogen-bond acceptors (Lipinski definition) is 5. The first-order chi connectivity index (χ1) is 11.8. The summed E-state index contributed by atoms with van der Waals surface area (Å²) in [5.41, 5.74) is 0.0886. The molecule has 0 saturated carbocycles. The molecule has 4 nitrogen and oxygen atoms in total. The van der Waals surface area contributed by atoms with Gasteiger partial charge in [0.15, 0.2) is 0 Å². The largest absolute Gasteiger partial charge is 0.477 e. The fraction of sp³-hybridized carbons (Fsp3) is 0.526. The van der Waals surface area contributed by atoms with Crippen molar-refractivity contribution in [3.63, 3.8) is 0 Å². The van der Waals surface area contributed by atoms with Crippen molar-refractivity contribution >= 4 is 11.3 Å². The monoisotopic (exact) mass is 344 g/mol. The molecular weight excluding hydrogens is 320 g/mol. The Labute approximate surface area is 147 Å². The summed E-state index contributed by atoms with van der Waals surface area (Å²) in [4.78, 5) is 8.31. The van der Waals surface area contributed by atoms with Crippen molar-refractivity contribution in [2.75, 3.05) is 26.3 Å². The van der Waals surface area contributed by atoms with Crippen LogP contribution in [0, 0.1) is 5.41 Å². The van der Waals surface area contributed by atoms with E-state index in [4.69, 9.17) is 9.47 Å². The van der Waals surface area contributed by atoms with E-state index in [1.54, 1.807) is 6.20 Å². The Morgan fingerprint density at radius 2 is 2.33 bits per heavy atom. The zero-order valence-electron chi connectivity index (χ0n) is 13.9. The lowest BCUT2D eigenvalue weighted by Gasteiger charge is -2.50. The number of hydrogen-bond donors (Lipinski definition) is 0. The first-order valence-electron chi connectivity index (χ1n) is 8.74. The van der Waals surface area contributed by atoms with Gasteiger partial charge in [-0.2, -0.15) is 0 Å². The highest BCUT2D eigenvalue weighted by Crippen LogP contribution is 2.41. The van der Waals surface area contributed by atoms with Crippen LogP contribution in [0.2, 0.25) is 0 Å². The summed E-state index contributed by atoms with van der Waals surface area (Å²) in [6.45, 7) is 4.77. The first-order valence-corrected chi connectivity index (χ1v) is 9.62. The quantitative estimate of drug-likeness (QED) is 0.830. The smallest absolute Gasteiger partial charge is 0.213 e. The van der Waals surface area contributed by atoms with Gasteiger partial charge in [-0.1, -0.05) is 12.1 Å². The molecule has 24 heavy (non-hydrogen) atoms. The van der Waals surface area contributed by atoms with E-state index >= 15 is 0 Å². The molecule has 0 spiro atoms. The van der Waals surface area contributed by atoms with E-state index in [-0.39, 0.29) is 5.41 Å². The van der Waals surface area contributed by atoms with Gasteiger partial charge >= 0.3 is 0 Å². The molecule has 2 atom stereocenters.